The number of rotatable bonds is 4. The van der Waals surface area contributed by atoms with Crippen molar-refractivity contribution in [2.24, 2.45) is 5.16 Å². The third kappa shape index (κ3) is 3.52. The molecule has 1 aromatic rings. The Balaban J connectivity index is 1.87. The highest BCUT2D eigenvalue weighted by Gasteiger charge is 2.46. The van der Waals surface area contributed by atoms with Crippen LogP contribution in [0.4, 0.5) is 5.69 Å². The molecule has 5 atom stereocenters. The van der Waals surface area contributed by atoms with Gasteiger partial charge in [0, 0.05) is 19.5 Å². The first-order chi connectivity index (χ1) is 12.8. The van der Waals surface area contributed by atoms with E-state index < -0.39 is 43.2 Å². The van der Waals surface area contributed by atoms with Crippen LogP contribution in [0.25, 0.3) is 0 Å². The van der Waals surface area contributed by atoms with E-state index in [4.69, 9.17) is 9.57 Å². The third-order valence-corrected chi connectivity index (χ3v) is 4.53. The summed E-state index contributed by atoms with van der Waals surface area (Å²) in [6.07, 6.45) is -5.34. The predicted octanol–water partition coefficient (Wildman–Crippen LogP) is -1.67. The molecule has 2 aliphatic rings. The molecule has 0 radical (unpaired) electrons. The van der Waals surface area contributed by atoms with E-state index in [0.717, 1.165) is 0 Å². The van der Waals surface area contributed by atoms with Crippen molar-refractivity contribution in [2.45, 2.75) is 37.6 Å². The number of carbonyl (C=O) groups excluding carboxylic acids is 2. The number of hydrogen-bond donors (Lipinski definition) is 4. The molecule has 10 nitrogen and oxygen atoms in total. The zero-order valence-corrected chi connectivity index (χ0v) is 14.8. The number of nitrogens with zero attached hydrogens (tertiary/aromatic N) is 2. The number of likely N-dealkylation sites (N-methyl/N-ethyl adjacent to an activating group) is 1. The van der Waals surface area contributed by atoms with E-state index in [1.807, 2.05) is 0 Å². The van der Waals surface area contributed by atoms with E-state index in [9.17, 15) is 24.9 Å². The van der Waals surface area contributed by atoms with Gasteiger partial charge in [-0.25, -0.2) is 0 Å². The smallest absolute Gasteiger partial charge is 0.280 e. The lowest BCUT2D eigenvalue weighted by molar-refractivity contribution is -0.270. The number of anilines is 1. The fourth-order valence-corrected chi connectivity index (χ4v) is 3.10. The molecule has 2 amide bonds. The number of oxime groups is 1. The van der Waals surface area contributed by atoms with Crippen LogP contribution >= 0.6 is 0 Å². The Morgan fingerprint density at radius 1 is 1.33 bits per heavy atom. The maximum Gasteiger partial charge on any atom is 0.280 e. The van der Waals surface area contributed by atoms with Gasteiger partial charge in [0.05, 0.1) is 12.3 Å². The standard InChI is InChI=1S/C17H21N3O7/c1-8(22)18-13-15(24)14(23)11(7-21)26-17(13)27-19-12-9-5-3-4-6-10(9)20(2)16(12)25/h3-6,11,13-15,17,21,23-24H,7H2,1-2H3,(H,18,22)/b19-12-/t11-,13+,14+,15-,17+/m1/s1. The number of carbonyl (C=O) groups is 2. The lowest BCUT2D eigenvalue weighted by Gasteiger charge is -2.40. The number of hydrogen-bond acceptors (Lipinski definition) is 8. The second kappa shape index (κ2) is 7.61. The number of nitrogens with one attached hydrogen (secondary N) is 1. The van der Waals surface area contributed by atoms with Gasteiger partial charge in [0.25, 0.3) is 5.91 Å². The summed E-state index contributed by atoms with van der Waals surface area (Å²) in [7, 11) is 1.60. The molecule has 2 heterocycles. The number of benzene rings is 1. The largest absolute Gasteiger partial charge is 0.394 e. The number of fused-ring (bicyclic) bond motifs is 1. The molecule has 1 saturated heterocycles. The lowest BCUT2D eigenvalue weighted by atomic mass is 9.97. The quantitative estimate of drug-likeness (QED) is 0.458. The van der Waals surface area contributed by atoms with Gasteiger partial charge in [-0.1, -0.05) is 23.4 Å². The fourth-order valence-electron chi connectivity index (χ4n) is 3.10. The summed E-state index contributed by atoms with van der Waals surface area (Å²) in [5.41, 5.74) is 1.27. The summed E-state index contributed by atoms with van der Waals surface area (Å²) in [5, 5.41) is 35.9. The molecule has 27 heavy (non-hydrogen) atoms. The number of aliphatic hydroxyl groups is 3. The van der Waals surface area contributed by atoms with Crippen LogP contribution in [-0.2, 0) is 19.2 Å². The van der Waals surface area contributed by atoms with E-state index >= 15 is 0 Å². The molecule has 4 N–H and O–H groups in total. The van der Waals surface area contributed by atoms with Gasteiger partial charge in [-0.2, -0.15) is 0 Å². The highest BCUT2D eigenvalue weighted by atomic mass is 16.8. The van der Waals surface area contributed by atoms with Gasteiger partial charge in [-0.3, -0.25) is 9.59 Å². The Bertz CT molecular complexity index is 769. The molecule has 146 valence electrons. The molecule has 0 aromatic heterocycles. The molecule has 10 heteroatoms. The van der Waals surface area contributed by atoms with Crippen LogP contribution < -0.4 is 10.2 Å². The minimum absolute atomic E-state index is 0.0411. The second-order valence-electron chi connectivity index (χ2n) is 6.36. The molecule has 1 fully saturated rings. The van der Waals surface area contributed by atoms with E-state index in [1.165, 1.54) is 11.8 Å². The van der Waals surface area contributed by atoms with Gasteiger partial charge < -0.3 is 35.1 Å². The number of aliphatic hydroxyl groups excluding tert-OH is 3. The van der Waals surface area contributed by atoms with Gasteiger partial charge in [0.2, 0.25) is 12.2 Å². The van der Waals surface area contributed by atoms with Crippen molar-refractivity contribution in [3.8, 4) is 0 Å². The Labute approximate surface area is 155 Å². The van der Waals surface area contributed by atoms with Crippen LogP contribution in [0.3, 0.4) is 0 Å². The van der Waals surface area contributed by atoms with E-state index in [1.54, 1.807) is 31.3 Å². The van der Waals surface area contributed by atoms with Crippen LogP contribution in [0.1, 0.15) is 12.5 Å². The Kier molecular flexibility index (Phi) is 5.42. The normalized spacial score (nSPS) is 31.7. The summed E-state index contributed by atoms with van der Waals surface area (Å²) in [4.78, 5) is 30.6. The SMILES string of the molecule is CC(=O)N[C@@H]1[C@H](O/N=C2\C(=O)N(C)c3ccccc32)O[C@H](CO)[C@H](O)[C@@H]1O. The molecule has 0 unspecified atom stereocenters. The highest BCUT2D eigenvalue weighted by Crippen LogP contribution is 2.28. The monoisotopic (exact) mass is 379 g/mol. The number of amides is 2. The summed E-state index contributed by atoms with van der Waals surface area (Å²) >= 11 is 0. The number of ether oxygens (including phenoxy) is 1. The van der Waals surface area contributed by atoms with Crippen LogP contribution in [0.15, 0.2) is 29.4 Å². The van der Waals surface area contributed by atoms with Crippen LogP contribution in [0, 0.1) is 0 Å². The summed E-state index contributed by atoms with van der Waals surface area (Å²) in [5.74, 6) is -0.872. The lowest BCUT2D eigenvalue weighted by Crippen LogP contribution is -2.64. The maximum absolute atomic E-state index is 12.4. The third-order valence-electron chi connectivity index (χ3n) is 4.53. The van der Waals surface area contributed by atoms with Crippen molar-refractivity contribution in [3.05, 3.63) is 29.8 Å². The highest BCUT2D eigenvalue weighted by molar-refractivity contribution is 6.54. The molecule has 0 spiro atoms. The van der Waals surface area contributed by atoms with Crippen molar-refractivity contribution in [3.63, 3.8) is 0 Å². The minimum atomic E-state index is -1.46. The molecular formula is C17H21N3O7. The first kappa shape index (κ1) is 19.2. The Morgan fingerprint density at radius 3 is 2.70 bits per heavy atom. The molecule has 0 bridgehead atoms. The van der Waals surface area contributed by atoms with E-state index in [2.05, 4.69) is 10.5 Å². The van der Waals surface area contributed by atoms with Gasteiger partial charge in [0.15, 0.2) is 5.71 Å². The topological polar surface area (TPSA) is 141 Å². The molecule has 3 rings (SSSR count). The zero-order chi connectivity index (χ0) is 19.7. The van der Waals surface area contributed by atoms with Gasteiger partial charge in [-0.15, -0.1) is 0 Å². The average Bonchev–Trinajstić information content (AvgIpc) is 2.89. The predicted molar refractivity (Wildman–Crippen MR) is 92.8 cm³/mol. The van der Waals surface area contributed by atoms with Gasteiger partial charge in [-0.05, 0) is 6.07 Å². The number of para-hydroxylation sites is 1. The molecule has 0 saturated carbocycles. The van der Waals surface area contributed by atoms with Gasteiger partial charge >= 0.3 is 0 Å². The summed E-state index contributed by atoms with van der Waals surface area (Å²) < 4.78 is 5.41. The molecule has 0 aliphatic carbocycles. The second-order valence-corrected chi connectivity index (χ2v) is 6.36. The zero-order valence-electron chi connectivity index (χ0n) is 14.8. The van der Waals surface area contributed by atoms with E-state index in [0.29, 0.717) is 11.3 Å². The maximum atomic E-state index is 12.4. The van der Waals surface area contributed by atoms with Crippen LogP contribution in [0.2, 0.25) is 0 Å². The van der Waals surface area contributed by atoms with Crippen molar-refractivity contribution in [1.82, 2.24) is 5.32 Å². The summed E-state index contributed by atoms with van der Waals surface area (Å²) in [6, 6.07) is 5.86. The van der Waals surface area contributed by atoms with E-state index in [-0.39, 0.29) is 11.6 Å². The molecule has 2 aliphatic heterocycles. The molecule has 1 aromatic carbocycles. The molecular weight excluding hydrogens is 358 g/mol. The first-order valence-corrected chi connectivity index (χ1v) is 8.36. The minimum Gasteiger partial charge on any atom is -0.394 e. The van der Waals surface area contributed by atoms with Gasteiger partial charge in [0.1, 0.15) is 24.4 Å². The van der Waals surface area contributed by atoms with Crippen molar-refractivity contribution < 1.29 is 34.5 Å². The Morgan fingerprint density at radius 2 is 2.04 bits per heavy atom. The average molecular weight is 379 g/mol. The Hall–Kier alpha value is -2.53. The van der Waals surface area contributed by atoms with Crippen LogP contribution in [0.5, 0.6) is 0 Å². The van der Waals surface area contributed by atoms with Crippen molar-refractivity contribution >= 4 is 23.2 Å². The fraction of sp³-hybridized carbons (Fsp3) is 0.471. The first-order valence-electron chi connectivity index (χ1n) is 8.36. The summed E-state index contributed by atoms with van der Waals surface area (Å²) in [6.45, 7) is 0.651. The van der Waals surface area contributed by atoms with Crippen molar-refractivity contribution in [1.29, 1.82) is 0 Å². The van der Waals surface area contributed by atoms with Crippen molar-refractivity contribution in [2.75, 3.05) is 18.6 Å². The van der Waals surface area contributed by atoms with Crippen LogP contribution in [-0.4, -0.2) is 77.1 Å².